The summed E-state index contributed by atoms with van der Waals surface area (Å²) in [4.78, 5) is 21.7. The van der Waals surface area contributed by atoms with Gasteiger partial charge in [0.2, 0.25) is 0 Å². The van der Waals surface area contributed by atoms with E-state index >= 15 is 0 Å². The average Bonchev–Trinajstić information content (AvgIpc) is 2.26. The molecule has 0 radical (unpaired) electrons. The fourth-order valence-corrected chi connectivity index (χ4v) is 1.10. The number of rotatable bonds is 2. The molecule has 1 aromatic rings. The molecule has 0 atom stereocenters. The second kappa shape index (κ2) is 4.24. The Morgan fingerprint density at radius 2 is 2.27 bits per heavy atom. The van der Waals surface area contributed by atoms with E-state index in [1.165, 1.54) is 13.2 Å². The lowest BCUT2D eigenvalue weighted by Crippen LogP contribution is -2.03. The van der Waals surface area contributed by atoms with Crippen LogP contribution < -0.4 is 0 Å². The molecule has 1 N–H and O–H groups in total. The van der Waals surface area contributed by atoms with Crippen LogP contribution in [0, 0.1) is 11.3 Å². The highest BCUT2D eigenvalue weighted by atomic mass is 16.5. The van der Waals surface area contributed by atoms with E-state index in [1.807, 2.05) is 0 Å². The molecule has 0 aliphatic carbocycles. The number of aldehydes is 1. The lowest BCUT2D eigenvalue weighted by atomic mass is 10.0. The first-order chi connectivity index (χ1) is 7.13. The summed E-state index contributed by atoms with van der Waals surface area (Å²) >= 11 is 0. The van der Waals surface area contributed by atoms with Crippen LogP contribution in [0.4, 0.5) is 0 Å². The van der Waals surface area contributed by atoms with E-state index in [9.17, 15) is 14.7 Å². The molecule has 5 nitrogen and oxygen atoms in total. The van der Waals surface area contributed by atoms with Crippen LogP contribution in [0.25, 0.3) is 0 Å². The summed E-state index contributed by atoms with van der Waals surface area (Å²) in [6, 6.07) is 3.94. The zero-order chi connectivity index (χ0) is 11.4. The topological polar surface area (TPSA) is 87.4 Å². The quantitative estimate of drug-likeness (QED) is 0.571. The molecular formula is C10H7NO4. The maximum Gasteiger partial charge on any atom is 0.338 e. The normalized spacial score (nSPS) is 9.07. The number of esters is 1. The number of carbonyl (C=O) groups excluding carboxylic acids is 2. The first kappa shape index (κ1) is 10.7. The standard InChI is InChI=1S/C10H7NO4/c1-15-10(14)6-2-7(5-12)8(4-11)9(13)3-6/h2-3,5,13H,1H3. The number of benzene rings is 1. The molecule has 15 heavy (non-hydrogen) atoms. The lowest BCUT2D eigenvalue weighted by Gasteiger charge is -2.03. The van der Waals surface area contributed by atoms with Crippen molar-refractivity contribution in [2.45, 2.75) is 0 Å². The molecule has 0 unspecified atom stereocenters. The molecule has 1 rings (SSSR count). The Morgan fingerprint density at radius 3 is 2.73 bits per heavy atom. The molecule has 0 aliphatic heterocycles. The molecule has 0 aromatic heterocycles. The molecule has 76 valence electrons. The van der Waals surface area contributed by atoms with E-state index in [0.717, 1.165) is 6.07 Å². The molecule has 0 aliphatic rings. The van der Waals surface area contributed by atoms with E-state index < -0.39 is 11.7 Å². The zero-order valence-corrected chi connectivity index (χ0v) is 7.85. The molecule has 0 saturated carbocycles. The van der Waals surface area contributed by atoms with Crippen LogP contribution >= 0.6 is 0 Å². The minimum absolute atomic E-state index is 0.0242. The minimum Gasteiger partial charge on any atom is -0.507 e. The summed E-state index contributed by atoms with van der Waals surface area (Å²) in [6.07, 6.45) is 0.394. The number of phenols is 1. The van der Waals surface area contributed by atoms with E-state index in [2.05, 4.69) is 4.74 Å². The van der Waals surface area contributed by atoms with Crippen LogP contribution in [0.15, 0.2) is 12.1 Å². The van der Waals surface area contributed by atoms with Gasteiger partial charge in [0.05, 0.1) is 12.7 Å². The number of nitrogens with zero attached hydrogens (tertiary/aromatic N) is 1. The predicted molar refractivity (Wildman–Crippen MR) is 49.5 cm³/mol. The highest BCUT2D eigenvalue weighted by Crippen LogP contribution is 2.22. The van der Waals surface area contributed by atoms with E-state index in [4.69, 9.17) is 5.26 Å². The Balaban J connectivity index is 3.39. The monoisotopic (exact) mass is 205 g/mol. The molecule has 0 spiro atoms. The van der Waals surface area contributed by atoms with Crippen molar-refractivity contribution in [2.75, 3.05) is 7.11 Å². The highest BCUT2D eigenvalue weighted by molar-refractivity contribution is 5.93. The van der Waals surface area contributed by atoms with Crippen LogP contribution in [0.1, 0.15) is 26.3 Å². The number of carbonyl (C=O) groups is 2. The van der Waals surface area contributed by atoms with Gasteiger partial charge in [-0.15, -0.1) is 0 Å². The van der Waals surface area contributed by atoms with Crippen molar-refractivity contribution in [2.24, 2.45) is 0 Å². The van der Waals surface area contributed by atoms with Gasteiger partial charge in [-0.25, -0.2) is 4.79 Å². The second-order valence-corrected chi connectivity index (χ2v) is 2.68. The van der Waals surface area contributed by atoms with Crippen molar-refractivity contribution >= 4 is 12.3 Å². The lowest BCUT2D eigenvalue weighted by molar-refractivity contribution is 0.0600. The third kappa shape index (κ3) is 1.94. The van der Waals surface area contributed by atoms with Crippen molar-refractivity contribution in [3.63, 3.8) is 0 Å². The van der Waals surface area contributed by atoms with E-state index in [-0.39, 0.29) is 16.7 Å². The van der Waals surface area contributed by atoms with Gasteiger partial charge in [0.15, 0.2) is 6.29 Å². The van der Waals surface area contributed by atoms with Crippen LogP contribution in [-0.2, 0) is 4.74 Å². The maximum absolute atomic E-state index is 11.1. The Bertz CT molecular complexity index is 459. The summed E-state index contributed by atoms with van der Waals surface area (Å²) in [5.41, 5.74) is -0.174. The summed E-state index contributed by atoms with van der Waals surface area (Å²) in [5.74, 6) is -1.10. The molecule has 1 aromatic carbocycles. The van der Waals surface area contributed by atoms with E-state index in [0.29, 0.717) is 6.29 Å². The van der Waals surface area contributed by atoms with Gasteiger partial charge >= 0.3 is 5.97 Å². The largest absolute Gasteiger partial charge is 0.507 e. The van der Waals surface area contributed by atoms with Gasteiger partial charge in [0.25, 0.3) is 0 Å². The van der Waals surface area contributed by atoms with Crippen LogP contribution in [-0.4, -0.2) is 24.5 Å². The molecule has 0 bridgehead atoms. The number of methoxy groups -OCH3 is 1. The first-order valence-corrected chi connectivity index (χ1v) is 3.94. The second-order valence-electron chi connectivity index (χ2n) is 2.68. The average molecular weight is 205 g/mol. The molecule has 0 amide bonds. The van der Waals surface area contributed by atoms with Crippen molar-refractivity contribution in [3.8, 4) is 11.8 Å². The van der Waals surface area contributed by atoms with Crippen molar-refractivity contribution < 1.29 is 19.4 Å². The third-order valence-corrected chi connectivity index (χ3v) is 1.81. The Kier molecular flexibility index (Phi) is 3.03. The Morgan fingerprint density at radius 1 is 1.60 bits per heavy atom. The molecule has 0 heterocycles. The van der Waals surface area contributed by atoms with Crippen LogP contribution in [0.2, 0.25) is 0 Å². The smallest absolute Gasteiger partial charge is 0.338 e. The molecule has 0 saturated heterocycles. The highest BCUT2D eigenvalue weighted by Gasteiger charge is 2.13. The van der Waals surface area contributed by atoms with Crippen LogP contribution in [0.5, 0.6) is 5.75 Å². The zero-order valence-electron chi connectivity index (χ0n) is 7.85. The predicted octanol–water partition coefficient (Wildman–Crippen LogP) is 0.863. The van der Waals surface area contributed by atoms with Crippen LogP contribution in [0.3, 0.4) is 0 Å². The van der Waals surface area contributed by atoms with Gasteiger partial charge in [-0.1, -0.05) is 0 Å². The minimum atomic E-state index is -0.683. The number of phenolic OH excluding ortho intramolecular Hbond substituents is 1. The molecule has 0 fully saturated rings. The summed E-state index contributed by atoms with van der Waals surface area (Å²) in [7, 11) is 1.18. The van der Waals surface area contributed by atoms with Gasteiger partial charge in [0.1, 0.15) is 17.4 Å². The number of ether oxygens (including phenoxy) is 1. The third-order valence-electron chi connectivity index (χ3n) is 1.81. The SMILES string of the molecule is COC(=O)c1cc(O)c(C#N)c(C=O)c1. The summed E-state index contributed by atoms with van der Waals surface area (Å²) < 4.78 is 4.42. The number of nitriles is 1. The van der Waals surface area contributed by atoms with Crippen molar-refractivity contribution in [1.29, 1.82) is 5.26 Å². The summed E-state index contributed by atoms with van der Waals surface area (Å²) in [6.45, 7) is 0. The molecule has 5 heteroatoms. The maximum atomic E-state index is 11.1. The summed E-state index contributed by atoms with van der Waals surface area (Å²) in [5, 5.41) is 18.0. The van der Waals surface area contributed by atoms with Crippen molar-refractivity contribution in [1.82, 2.24) is 0 Å². The Hall–Kier alpha value is -2.35. The van der Waals surface area contributed by atoms with Crippen molar-refractivity contribution in [3.05, 3.63) is 28.8 Å². The number of hydrogen-bond donors (Lipinski definition) is 1. The number of aromatic hydroxyl groups is 1. The van der Waals surface area contributed by atoms with Gasteiger partial charge in [-0.2, -0.15) is 5.26 Å². The fraction of sp³-hybridized carbons (Fsp3) is 0.100. The van der Waals surface area contributed by atoms with Gasteiger partial charge < -0.3 is 9.84 Å². The van der Waals surface area contributed by atoms with Gasteiger partial charge in [0, 0.05) is 5.56 Å². The van der Waals surface area contributed by atoms with Gasteiger partial charge in [-0.3, -0.25) is 4.79 Å². The first-order valence-electron chi connectivity index (χ1n) is 3.94. The fourth-order valence-electron chi connectivity index (χ4n) is 1.10. The van der Waals surface area contributed by atoms with Gasteiger partial charge in [-0.05, 0) is 12.1 Å². The number of hydrogen-bond acceptors (Lipinski definition) is 5. The van der Waals surface area contributed by atoms with E-state index in [1.54, 1.807) is 6.07 Å². The Labute approximate surface area is 85.5 Å². The molecular weight excluding hydrogens is 198 g/mol.